The molecule has 35 heavy (non-hydrogen) atoms. The van der Waals surface area contributed by atoms with Gasteiger partial charge in [0.1, 0.15) is 11.2 Å². The van der Waals surface area contributed by atoms with E-state index >= 15 is 0 Å². The highest BCUT2D eigenvalue weighted by molar-refractivity contribution is 5.81. The van der Waals surface area contributed by atoms with E-state index in [2.05, 4.69) is 20.3 Å². The van der Waals surface area contributed by atoms with Crippen molar-refractivity contribution in [1.82, 2.24) is 29.7 Å². The van der Waals surface area contributed by atoms with E-state index in [-0.39, 0.29) is 51.6 Å². The number of aromatic nitrogens is 5. The quantitative estimate of drug-likeness (QED) is 0.472. The summed E-state index contributed by atoms with van der Waals surface area (Å²) in [6.07, 6.45) is -3.29. The number of aryl methyl sites for hydroxylation is 1. The molecule has 0 radical (unpaired) electrons. The summed E-state index contributed by atoms with van der Waals surface area (Å²) in [5.41, 5.74) is -1.82. The fourth-order valence-corrected chi connectivity index (χ4v) is 4.48. The van der Waals surface area contributed by atoms with Crippen molar-refractivity contribution in [2.24, 2.45) is 0 Å². The molecule has 4 heterocycles. The van der Waals surface area contributed by atoms with Crippen molar-refractivity contribution in [1.29, 1.82) is 0 Å². The van der Waals surface area contributed by atoms with Crippen LogP contribution < -0.4 is 5.56 Å². The highest BCUT2D eigenvalue weighted by Gasteiger charge is 2.39. The van der Waals surface area contributed by atoms with Crippen LogP contribution in [-0.4, -0.2) is 48.7 Å². The summed E-state index contributed by atoms with van der Waals surface area (Å²) >= 11 is 0. The average Bonchev–Trinajstić information content (AvgIpc) is 3.45. The van der Waals surface area contributed by atoms with Crippen LogP contribution in [0.3, 0.4) is 0 Å². The molecule has 1 unspecified atom stereocenters. The molecule has 0 bridgehead atoms. The topological polar surface area (TPSA) is 109 Å². The third kappa shape index (κ3) is 3.98. The number of hydrogen-bond acceptors (Lipinski definition) is 6. The Morgan fingerprint density at radius 1 is 1.17 bits per heavy atom. The first-order valence-electron chi connectivity index (χ1n) is 11.0. The second-order valence-electron chi connectivity index (χ2n) is 8.53. The minimum absolute atomic E-state index is 0.0550. The lowest BCUT2D eigenvalue weighted by Crippen LogP contribution is -2.37. The van der Waals surface area contributed by atoms with E-state index in [0.717, 1.165) is 12.8 Å². The van der Waals surface area contributed by atoms with Crippen LogP contribution in [0.25, 0.3) is 28.2 Å². The van der Waals surface area contributed by atoms with Crippen LogP contribution in [0.2, 0.25) is 0 Å². The number of carbonyl (C=O) groups excluding carboxylic acids is 1. The molecule has 1 aliphatic heterocycles. The van der Waals surface area contributed by atoms with Crippen LogP contribution in [-0.2, 0) is 11.0 Å². The molecule has 182 valence electrons. The van der Waals surface area contributed by atoms with Gasteiger partial charge in [0.05, 0.1) is 11.5 Å². The lowest BCUT2D eigenvalue weighted by Gasteiger charge is -2.30. The molecule has 1 aromatic carbocycles. The molecular formula is C23H21F3N6O3. The number of nitrogens with zero attached hydrogens (tertiary/aromatic N) is 5. The summed E-state index contributed by atoms with van der Waals surface area (Å²) < 4.78 is 48.1. The van der Waals surface area contributed by atoms with E-state index in [1.807, 2.05) is 0 Å². The van der Waals surface area contributed by atoms with Gasteiger partial charge in [0.25, 0.3) is 11.4 Å². The van der Waals surface area contributed by atoms with Gasteiger partial charge in [-0.3, -0.25) is 9.59 Å². The van der Waals surface area contributed by atoms with Gasteiger partial charge in [-0.1, -0.05) is 30.3 Å². The lowest BCUT2D eigenvalue weighted by molar-refractivity contribution is -0.140. The Hall–Kier alpha value is -3.96. The van der Waals surface area contributed by atoms with Crippen molar-refractivity contribution in [3.05, 3.63) is 58.0 Å². The number of hydrogen-bond donors (Lipinski definition) is 1. The number of likely N-dealkylation sites (tertiary alicyclic amines) is 1. The van der Waals surface area contributed by atoms with Crippen molar-refractivity contribution in [2.45, 2.75) is 38.8 Å². The Labute approximate surface area is 196 Å². The molecule has 3 aromatic heterocycles. The van der Waals surface area contributed by atoms with Crippen LogP contribution in [0.5, 0.6) is 0 Å². The van der Waals surface area contributed by atoms with Crippen molar-refractivity contribution in [2.75, 3.05) is 13.1 Å². The van der Waals surface area contributed by atoms with E-state index < -0.39 is 17.4 Å². The third-order valence-corrected chi connectivity index (χ3v) is 6.17. The zero-order valence-corrected chi connectivity index (χ0v) is 18.9. The molecule has 1 aliphatic rings. The van der Waals surface area contributed by atoms with Gasteiger partial charge in [-0.05, 0) is 25.3 Å². The number of piperidine rings is 1. The highest BCUT2D eigenvalue weighted by Crippen LogP contribution is 2.38. The highest BCUT2D eigenvalue weighted by atomic mass is 19.4. The first-order valence-corrected chi connectivity index (χ1v) is 11.0. The number of carbonyl (C=O) groups is 1. The average molecular weight is 486 g/mol. The Morgan fingerprint density at radius 3 is 2.60 bits per heavy atom. The first kappa shape index (κ1) is 22.8. The second kappa shape index (κ2) is 8.36. The summed E-state index contributed by atoms with van der Waals surface area (Å²) in [6, 6.07) is 7.94. The van der Waals surface area contributed by atoms with Crippen LogP contribution in [0.1, 0.15) is 43.0 Å². The maximum Gasteiger partial charge on any atom is 0.435 e. The summed E-state index contributed by atoms with van der Waals surface area (Å²) in [4.78, 5) is 29.7. The maximum atomic E-state index is 13.9. The Kier molecular flexibility index (Phi) is 5.45. The van der Waals surface area contributed by atoms with Gasteiger partial charge in [0.15, 0.2) is 5.69 Å². The number of alkyl halides is 3. The molecule has 0 saturated carbocycles. The van der Waals surface area contributed by atoms with Crippen LogP contribution >= 0.6 is 0 Å². The molecule has 1 fully saturated rings. The molecule has 12 heteroatoms. The Bertz CT molecular complexity index is 1470. The van der Waals surface area contributed by atoms with Crippen molar-refractivity contribution in [3.63, 3.8) is 0 Å². The predicted molar refractivity (Wildman–Crippen MR) is 119 cm³/mol. The standard InChI is InChI=1S/C23H21F3N6O3/c1-12-16(21-29-28-20(35-21)15-9-6-10-31(11-15)13(2)33)22(34)32-19(27-12)17(14-7-4-3-5-8-14)18(30-32)23(24,25)26/h3-5,7-8,15,27H,6,9-11H2,1-2H3. The Morgan fingerprint density at radius 2 is 1.91 bits per heavy atom. The van der Waals surface area contributed by atoms with Gasteiger partial charge in [-0.2, -0.15) is 22.8 Å². The van der Waals surface area contributed by atoms with Crippen molar-refractivity contribution < 1.29 is 22.4 Å². The molecule has 1 atom stereocenters. The molecule has 9 nitrogen and oxygen atoms in total. The Balaban J connectivity index is 1.62. The fourth-order valence-electron chi connectivity index (χ4n) is 4.48. The number of rotatable bonds is 3. The van der Waals surface area contributed by atoms with Gasteiger partial charge in [0.2, 0.25) is 11.8 Å². The molecule has 1 amide bonds. The van der Waals surface area contributed by atoms with Crippen molar-refractivity contribution >= 4 is 11.6 Å². The minimum Gasteiger partial charge on any atom is -0.420 e. The summed E-state index contributed by atoms with van der Waals surface area (Å²) in [5.74, 6) is -0.0963. The normalized spacial score (nSPS) is 16.7. The van der Waals surface area contributed by atoms with Gasteiger partial charge in [0, 0.05) is 25.7 Å². The number of nitrogens with one attached hydrogen (secondary N) is 1. The molecular weight excluding hydrogens is 465 g/mol. The number of fused-ring (bicyclic) bond motifs is 1. The molecule has 1 N–H and O–H groups in total. The fraction of sp³-hybridized carbons (Fsp3) is 0.348. The van der Waals surface area contributed by atoms with E-state index in [9.17, 15) is 22.8 Å². The van der Waals surface area contributed by atoms with Crippen LogP contribution in [0.15, 0.2) is 39.5 Å². The van der Waals surface area contributed by atoms with E-state index in [4.69, 9.17) is 4.42 Å². The zero-order chi connectivity index (χ0) is 24.9. The maximum absolute atomic E-state index is 13.9. The van der Waals surface area contributed by atoms with E-state index in [1.165, 1.54) is 19.1 Å². The zero-order valence-electron chi connectivity index (χ0n) is 18.9. The van der Waals surface area contributed by atoms with Gasteiger partial charge in [-0.15, -0.1) is 10.2 Å². The SMILES string of the molecule is CC(=O)N1CCCC(c2nnc(-c3c(C)[nH]c4c(-c5ccccc5)c(C(F)(F)F)nn4c3=O)o2)C1. The second-order valence-corrected chi connectivity index (χ2v) is 8.53. The smallest absolute Gasteiger partial charge is 0.420 e. The molecule has 0 spiro atoms. The minimum atomic E-state index is -4.78. The van der Waals surface area contributed by atoms with E-state index in [1.54, 1.807) is 30.0 Å². The van der Waals surface area contributed by atoms with Gasteiger partial charge in [-0.25, -0.2) is 0 Å². The van der Waals surface area contributed by atoms with E-state index in [0.29, 0.717) is 17.6 Å². The predicted octanol–water partition coefficient (Wildman–Crippen LogP) is 3.79. The largest absolute Gasteiger partial charge is 0.435 e. The molecule has 4 aromatic rings. The summed E-state index contributed by atoms with van der Waals surface area (Å²) in [7, 11) is 0. The third-order valence-electron chi connectivity index (χ3n) is 6.17. The molecule has 0 aliphatic carbocycles. The van der Waals surface area contributed by atoms with Gasteiger partial charge >= 0.3 is 6.18 Å². The van der Waals surface area contributed by atoms with Crippen LogP contribution in [0.4, 0.5) is 13.2 Å². The molecule has 1 saturated heterocycles. The summed E-state index contributed by atoms with van der Waals surface area (Å²) in [5, 5.41) is 11.7. The lowest BCUT2D eigenvalue weighted by atomic mass is 9.98. The van der Waals surface area contributed by atoms with Gasteiger partial charge < -0.3 is 14.3 Å². The number of aromatic amines is 1. The number of amides is 1. The number of halogens is 3. The number of H-pyrrole nitrogens is 1. The number of benzene rings is 1. The molecule has 5 rings (SSSR count). The van der Waals surface area contributed by atoms with Crippen molar-refractivity contribution in [3.8, 4) is 22.6 Å². The monoisotopic (exact) mass is 486 g/mol. The van der Waals surface area contributed by atoms with Crippen LogP contribution in [0, 0.1) is 6.92 Å². The first-order chi connectivity index (χ1) is 16.6. The summed E-state index contributed by atoms with van der Waals surface area (Å²) in [6.45, 7) is 4.10.